The first-order valence-corrected chi connectivity index (χ1v) is 10.9. The zero-order valence-corrected chi connectivity index (χ0v) is 20.4. The minimum atomic E-state index is -0.229. The van der Waals surface area contributed by atoms with E-state index in [0.717, 1.165) is 70.1 Å². The summed E-state index contributed by atoms with van der Waals surface area (Å²) in [7, 11) is 0. The fourth-order valence-electron chi connectivity index (χ4n) is 4.03. The summed E-state index contributed by atoms with van der Waals surface area (Å²) in [5.41, 5.74) is 0.992. The zero-order valence-electron chi connectivity index (χ0n) is 18.1. The molecular weight excluding hydrogens is 498 g/mol. The zero-order chi connectivity index (χ0) is 20.6. The van der Waals surface area contributed by atoms with Gasteiger partial charge in [0.15, 0.2) is 5.96 Å². The monoisotopic (exact) mass is 534 g/mol. The van der Waals surface area contributed by atoms with E-state index in [0.29, 0.717) is 6.54 Å². The van der Waals surface area contributed by atoms with Crippen molar-refractivity contribution in [2.45, 2.75) is 51.4 Å². The molecule has 2 heterocycles. The lowest BCUT2D eigenvalue weighted by molar-refractivity contribution is -0.0605. The van der Waals surface area contributed by atoms with E-state index in [-0.39, 0.29) is 48.1 Å². The third-order valence-electron chi connectivity index (χ3n) is 5.59. The summed E-state index contributed by atoms with van der Waals surface area (Å²) in [6.45, 7) is 10.2. The van der Waals surface area contributed by atoms with E-state index in [2.05, 4.69) is 29.0 Å². The average molecular weight is 534 g/mol. The van der Waals surface area contributed by atoms with Gasteiger partial charge in [-0.1, -0.05) is 12.1 Å². The number of ether oxygens (including phenoxy) is 1. The smallest absolute Gasteiger partial charge is 0.194 e. The summed E-state index contributed by atoms with van der Waals surface area (Å²) in [4.78, 5) is 9.52. The number of guanidine groups is 1. The Labute approximate surface area is 196 Å². The number of piperidine rings is 1. The normalized spacial score (nSPS) is 23.9. The Hall–Kier alpha value is -0.970. The van der Waals surface area contributed by atoms with E-state index in [1.54, 1.807) is 12.1 Å². The van der Waals surface area contributed by atoms with E-state index in [9.17, 15) is 9.50 Å². The molecule has 2 N–H and O–H groups in total. The Morgan fingerprint density at radius 1 is 1.23 bits per heavy atom. The van der Waals surface area contributed by atoms with Crippen LogP contribution in [0.2, 0.25) is 0 Å². The van der Waals surface area contributed by atoms with Gasteiger partial charge in [-0.25, -0.2) is 4.39 Å². The number of hydrogen-bond acceptors (Lipinski definition) is 4. The predicted octanol–water partition coefficient (Wildman–Crippen LogP) is 3.02. The molecule has 3 rings (SSSR count). The molecule has 2 aliphatic rings. The van der Waals surface area contributed by atoms with Crippen LogP contribution in [0.5, 0.6) is 0 Å². The third-order valence-corrected chi connectivity index (χ3v) is 5.59. The van der Waals surface area contributed by atoms with Gasteiger partial charge in [0.05, 0.1) is 18.8 Å². The number of benzene rings is 1. The third kappa shape index (κ3) is 7.62. The SMILES string of the molecule is CCNC(=NCCCN1CCC(O)CC1)N1CC(C)OC(c2ccc(F)cc2)C1.I. The number of nitrogens with zero attached hydrogens (tertiary/aromatic N) is 3. The molecule has 2 aliphatic heterocycles. The van der Waals surface area contributed by atoms with E-state index >= 15 is 0 Å². The van der Waals surface area contributed by atoms with Gasteiger partial charge >= 0.3 is 0 Å². The lowest BCUT2D eigenvalue weighted by Crippen LogP contribution is -2.50. The minimum Gasteiger partial charge on any atom is -0.393 e. The van der Waals surface area contributed by atoms with Gasteiger partial charge in [-0.05, 0) is 57.4 Å². The molecule has 0 aliphatic carbocycles. The Kier molecular flexibility index (Phi) is 10.8. The van der Waals surface area contributed by atoms with Crippen LogP contribution < -0.4 is 5.32 Å². The summed E-state index contributed by atoms with van der Waals surface area (Å²) in [6, 6.07) is 6.58. The predicted molar refractivity (Wildman–Crippen MR) is 129 cm³/mol. The van der Waals surface area contributed by atoms with E-state index in [1.807, 2.05) is 0 Å². The average Bonchev–Trinajstić information content (AvgIpc) is 2.71. The van der Waals surface area contributed by atoms with Crippen LogP contribution in [0.15, 0.2) is 29.3 Å². The maximum atomic E-state index is 13.3. The minimum absolute atomic E-state index is 0. The van der Waals surface area contributed by atoms with Gasteiger partial charge < -0.3 is 25.0 Å². The highest BCUT2D eigenvalue weighted by molar-refractivity contribution is 14.0. The second-order valence-corrected chi connectivity index (χ2v) is 8.05. The van der Waals surface area contributed by atoms with Gasteiger partial charge in [0, 0.05) is 32.7 Å². The number of nitrogens with one attached hydrogen (secondary N) is 1. The van der Waals surface area contributed by atoms with Crippen molar-refractivity contribution in [1.82, 2.24) is 15.1 Å². The molecule has 30 heavy (non-hydrogen) atoms. The summed E-state index contributed by atoms with van der Waals surface area (Å²) < 4.78 is 19.4. The molecule has 1 aromatic carbocycles. The second kappa shape index (κ2) is 12.8. The maximum Gasteiger partial charge on any atom is 0.194 e. The van der Waals surface area contributed by atoms with Crippen molar-refractivity contribution >= 4 is 29.9 Å². The van der Waals surface area contributed by atoms with Gasteiger partial charge in [0.25, 0.3) is 0 Å². The Morgan fingerprint density at radius 2 is 1.93 bits per heavy atom. The molecule has 2 fully saturated rings. The van der Waals surface area contributed by atoms with Gasteiger partial charge in [0.1, 0.15) is 11.9 Å². The Morgan fingerprint density at radius 3 is 2.60 bits per heavy atom. The van der Waals surface area contributed by atoms with Gasteiger partial charge in [-0.3, -0.25) is 4.99 Å². The van der Waals surface area contributed by atoms with Crippen LogP contribution in [0.1, 0.15) is 44.8 Å². The number of morpholine rings is 1. The number of aliphatic hydroxyl groups is 1. The molecule has 1 aromatic rings. The molecular formula is C22H36FIN4O2. The number of likely N-dealkylation sites (tertiary alicyclic amines) is 1. The Balaban J connectivity index is 0.00000320. The standard InChI is InChI=1S/C22H35FN4O2.HI/c1-3-24-22(25-11-4-12-26-13-9-20(28)10-14-26)27-15-17(2)29-21(16-27)18-5-7-19(23)8-6-18;/h5-8,17,20-21,28H,3-4,9-16H2,1-2H3,(H,24,25);1H. The van der Waals surface area contributed by atoms with Crippen molar-refractivity contribution in [1.29, 1.82) is 0 Å². The van der Waals surface area contributed by atoms with Crippen LogP contribution in [0, 0.1) is 5.82 Å². The highest BCUT2D eigenvalue weighted by Crippen LogP contribution is 2.25. The highest BCUT2D eigenvalue weighted by Gasteiger charge is 2.28. The molecule has 0 spiro atoms. The maximum absolute atomic E-state index is 13.3. The number of rotatable bonds is 6. The fraction of sp³-hybridized carbons (Fsp3) is 0.682. The van der Waals surface area contributed by atoms with E-state index in [1.165, 1.54) is 12.1 Å². The van der Waals surface area contributed by atoms with Crippen molar-refractivity contribution in [2.75, 3.05) is 45.8 Å². The quantitative estimate of drug-likeness (QED) is 0.255. The number of aliphatic hydroxyl groups excluding tert-OH is 1. The molecule has 0 aromatic heterocycles. The molecule has 170 valence electrons. The second-order valence-electron chi connectivity index (χ2n) is 8.05. The van der Waals surface area contributed by atoms with E-state index in [4.69, 9.17) is 9.73 Å². The van der Waals surface area contributed by atoms with Crippen LogP contribution in [0.3, 0.4) is 0 Å². The first-order valence-electron chi connectivity index (χ1n) is 10.9. The van der Waals surface area contributed by atoms with Crippen LogP contribution in [0.25, 0.3) is 0 Å². The van der Waals surface area contributed by atoms with Crippen LogP contribution >= 0.6 is 24.0 Å². The molecule has 8 heteroatoms. The van der Waals surface area contributed by atoms with Crippen molar-refractivity contribution in [3.8, 4) is 0 Å². The summed E-state index contributed by atoms with van der Waals surface area (Å²) in [6.07, 6.45) is 2.61. The van der Waals surface area contributed by atoms with Crippen LogP contribution in [0.4, 0.5) is 4.39 Å². The summed E-state index contributed by atoms with van der Waals surface area (Å²) >= 11 is 0. The fourth-order valence-corrected chi connectivity index (χ4v) is 4.03. The van der Waals surface area contributed by atoms with Gasteiger partial charge in [-0.15, -0.1) is 24.0 Å². The molecule has 0 bridgehead atoms. The first kappa shape index (κ1) is 25.3. The molecule has 2 saturated heterocycles. The van der Waals surface area contributed by atoms with E-state index < -0.39 is 0 Å². The Bertz CT molecular complexity index is 653. The molecule has 2 atom stereocenters. The number of aliphatic imine (C=N–C) groups is 1. The summed E-state index contributed by atoms with van der Waals surface area (Å²) in [5.74, 6) is 0.691. The van der Waals surface area contributed by atoms with Gasteiger partial charge in [0.2, 0.25) is 0 Å². The molecule has 0 radical (unpaired) electrons. The van der Waals surface area contributed by atoms with Crippen LogP contribution in [-0.2, 0) is 4.74 Å². The molecule has 2 unspecified atom stereocenters. The van der Waals surface area contributed by atoms with Crippen molar-refractivity contribution < 1.29 is 14.2 Å². The van der Waals surface area contributed by atoms with Crippen molar-refractivity contribution in [2.24, 2.45) is 4.99 Å². The topological polar surface area (TPSA) is 60.3 Å². The van der Waals surface area contributed by atoms with Crippen LogP contribution in [-0.4, -0.2) is 78.9 Å². The van der Waals surface area contributed by atoms with Gasteiger partial charge in [-0.2, -0.15) is 0 Å². The molecule has 0 amide bonds. The lowest BCUT2D eigenvalue weighted by atomic mass is 10.1. The highest BCUT2D eigenvalue weighted by atomic mass is 127. The number of halogens is 2. The van der Waals surface area contributed by atoms with Crippen molar-refractivity contribution in [3.05, 3.63) is 35.6 Å². The molecule has 0 saturated carbocycles. The first-order chi connectivity index (χ1) is 14.0. The summed E-state index contributed by atoms with van der Waals surface area (Å²) in [5, 5.41) is 13.0. The molecule has 6 nitrogen and oxygen atoms in total. The lowest BCUT2D eigenvalue weighted by Gasteiger charge is -2.38. The van der Waals surface area contributed by atoms with Crippen molar-refractivity contribution in [3.63, 3.8) is 0 Å². The number of hydrogen-bond donors (Lipinski definition) is 2. The largest absolute Gasteiger partial charge is 0.393 e.